The topological polar surface area (TPSA) is 35.6 Å². The minimum Gasteiger partial charge on any atom is -0.333 e. The van der Waals surface area contributed by atoms with Crippen molar-refractivity contribution >= 4 is 5.91 Å². The van der Waals surface area contributed by atoms with Gasteiger partial charge in [0.05, 0.1) is 6.04 Å². The normalized spacial score (nSPS) is 26.3. The lowest BCUT2D eigenvalue weighted by atomic mass is 9.99. The van der Waals surface area contributed by atoms with Crippen LogP contribution in [-0.2, 0) is 4.79 Å². The van der Waals surface area contributed by atoms with E-state index in [-0.39, 0.29) is 6.04 Å². The maximum Gasteiger partial charge on any atom is 0.223 e. The fraction of sp³-hybridized carbons (Fsp3) is 0.611. The maximum absolute atomic E-state index is 12.7. The fourth-order valence-corrected chi connectivity index (χ4v) is 3.61. The van der Waals surface area contributed by atoms with Crippen molar-refractivity contribution in [3.8, 4) is 0 Å². The number of nitrogens with zero attached hydrogens (tertiary/aromatic N) is 2. The van der Waals surface area contributed by atoms with Gasteiger partial charge in [0.25, 0.3) is 0 Å². The van der Waals surface area contributed by atoms with Gasteiger partial charge in [-0.15, -0.1) is 0 Å². The molecule has 2 heterocycles. The van der Waals surface area contributed by atoms with Crippen LogP contribution in [0.2, 0.25) is 0 Å². The lowest BCUT2D eigenvalue weighted by Crippen LogP contribution is -2.49. The predicted octanol–water partition coefficient (Wildman–Crippen LogP) is 1.89. The molecule has 22 heavy (non-hydrogen) atoms. The highest BCUT2D eigenvalue weighted by molar-refractivity contribution is 5.77. The zero-order valence-corrected chi connectivity index (χ0v) is 13.5. The summed E-state index contributed by atoms with van der Waals surface area (Å²) in [7, 11) is 2.14. The summed E-state index contributed by atoms with van der Waals surface area (Å²) >= 11 is 0. The van der Waals surface area contributed by atoms with Crippen LogP contribution in [0.4, 0.5) is 0 Å². The van der Waals surface area contributed by atoms with Gasteiger partial charge in [0.2, 0.25) is 5.91 Å². The maximum atomic E-state index is 12.7. The number of hydrogen-bond donors (Lipinski definition) is 1. The number of piperazine rings is 1. The second-order valence-corrected chi connectivity index (χ2v) is 6.67. The van der Waals surface area contributed by atoms with Gasteiger partial charge >= 0.3 is 0 Å². The molecule has 2 unspecified atom stereocenters. The molecule has 2 atom stereocenters. The van der Waals surface area contributed by atoms with Crippen LogP contribution in [0.15, 0.2) is 30.3 Å². The molecule has 0 aromatic heterocycles. The van der Waals surface area contributed by atoms with Crippen LogP contribution in [0.3, 0.4) is 0 Å². The van der Waals surface area contributed by atoms with E-state index in [1.807, 2.05) is 6.07 Å². The van der Waals surface area contributed by atoms with Crippen LogP contribution in [0.25, 0.3) is 0 Å². The molecule has 4 heteroatoms. The quantitative estimate of drug-likeness (QED) is 0.922. The van der Waals surface area contributed by atoms with E-state index in [4.69, 9.17) is 0 Å². The zero-order valence-electron chi connectivity index (χ0n) is 13.5. The number of likely N-dealkylation sites (N-methyl/N-ethyl adjacent to an activating group) is 1. The third-order valence-corrected chi connectivity index (χ3v) is 5.02. The van der Waals surface area contributed by atoms with Gasteiger partial charge < -0.3 is 15.1 Å². The van der Waals surface area contributed by atoms with Crippen molar-refractivity contribution in [2.24, 2.45) is 5.92 Å². The van der Waals surface area contributed by atoms with E-state index in [2.05, 4.69) is 46.4 Å². The second-order valence-electron chi connectivity index (χ2n) is 6.67. The first-order valence-corrected chi connectivity index (χ1v) is 8.47. The Labute approximate surface area is 133 Å². The smallest absolute Gasteiger partial charge is 0.223 e. The van der Waals surface area contributed by atoms with Crippen molar-refractivity contribution in [1.29, 1.82) is 0 Å². The molecule has 0 radical (unpaired) electrons. The van der Waals surface area contributed by atoms with Gasteiger partial charge in [0.1, 0.15) is 0 Å². The summed E-state index contributed by atoms with van der Waals surface area (Å²) in [5.74, 6) is 1.01. The monoisotopic (exact) mass is 301 g/mol. The van der Waals surface area contributed by atoms with Gasteiger partial charge in [-0.05, 0) is 44.5 Å². The molecule has 0 aliphatic carbocycles. The molecule has 1 N–H and O–H groups in total. The highest BCUT2D eigenvalue weighted by atomic mass is 16.2. The first-order valence-electron chi connectivity index (χ1n) is 8.47. The van der Waals surface area contributed by atoms with Crippen molar-refractivity contribution in [1.82, 2.24) is 15.1 Å². The summed E-state index contributed by atoms with van der Waals surface area (Å²) in [6.45, 7) is 4.94. The van der Waals surface area contributed by atoms with Gasteiger partial charge in [-0.25, -0.2) is 0 Å². The summed E-state index contributed by atoms with van der Waals surface area (Å²) in [6.07, 6.45) is 2.94. The van der Waals surface area contributed by atoms with E-state index >= 15 is 0 Å². The molecule has 0 bridgehead atoms. The molecule has 1 aromatic rings. The summed E-state index contributed by atoms with van der Waals surface area (Å²) in [5, 5.41) is 3.38. The number of hydrogen-bond acceptors (Lipinski definition) is 3. The number of carbonyl (C=O) groups is 1. The third kappa shape index (κ3) is 3.68. The van der Waals surface area contributed by atoms with Gasteiger partial charge in [0.15, 0.2) is 0 Å². The van der Waals surface area contributed by atoms with E-state index in [9.17, 15) is 4.79 Å². The van der Waals surface area contributed by atoms with Gasteiger partial charge in [-0.3, -0.25) is 4.79 Å². The van der Waals surface area contributed by atoms with E-state index in [1.165, 1.54) is 12.0 Å². The van der Waals surface area contributed by atoms with E-state index in [0.29, 0.717) is 18.2 Å². The second kappa shape index (κ2) is 7.25. The summed E-state index contributed by atoms with van der Waals surface area (Å²) in [6, 6.07) is 10.7. The Morgan fingerprint density at radius 3 is 2.82 bits per heavy atom. The highest BCUT2D eigenvalue weighted by Gasteiger charge is 2.30. The Balaban J connectivity index is 1.65. The summed E-state index contributed by atoms with van der Waals surface area (Å²) < 4.78 is 0. The van der Waals surface area contributed by atoms with E-state index < -0.39 is 0 Å². The molecule has 0 spiro atoms. The Morgan fingerprint density at radius 1 is 1.27 bits per heavy atom. The van der Waals surface area contributed by atoms with Crippen LogP contribution in [0.5, 0.6) is 0 Å². The van der Waals surface area contributed by atoms with Crippen molar-refractivity contribution in [2.75, 3.05) is 39.8 Å². The predicted molar refractivity (Wildman–Crippen MR) is 88.6 cm³/mol. The SMILES string of the molecule is CN1CCN(C(=O)CCC2CCNC2)C(c2ccccc2)C1. The number of benzene rings is 1. The van der Waals surface area contributed by atoms with Crippen molar-refractivity contribution < 1.29 is 4.79 Å². The summed E-state index contributed by atoms with van der Waals surface area (Å²) in [5.41, 5.74) is 1.25. The van der Waals surface area contributed by atoms with Crippen LogP contribution in [-0.4, -0.2) is 55.5 Å². The molecule has 2 aliphatic rings. The van der Waals surface area contributed by atoms with Crippen LogP contribution < -0.4 is 5.32 Å². The average Bonchev–Trinajstić information content (AvgIpc) is 3.07. The largest absolute Gasteiger partial charge is 0.333 e. The lowest BCUT2D eigenvalue weighted by Gasteiger charge is -2.40. The molecular formula is C18H27N3O. The lowest BCUT2D eigenvalue weighted by molar-refractivity contribution is -0.136. The number of nitrogens with one attached hydrogen (secondary N) is 1. The highest BCUT2D eigenvalue weighted by Crippen LogP contribution is 2.26. The Hall–Kier alpha value is -1.39. The standard InChI is InChI=1S/C18H27N3O/c1-20-11-12-21(17(14-20)16-5-3-2-4-6-16)18(22)8-7-15-9-10-19-13-15/h2-6,15,17,19H,7-14H2,1H3. The third-order valence-electron chi connectivity index (χ3n) is 5.02. The Morgan fingerprint density at radius 2 is 2.09 bits per heavy atom. The molecule has 3 rings (SSSR count). The van der Waals surface area contributed by atoms with Gasteiger partial charge in [0, 0.05) is 26.1 Å². The van der Waals surface area contributed by atoms with Crippen molar-refractivity contribution in [2.45, 2.75) is 25.3 Å². The van der Waals surface area contributed by atoms with E-state index in [0.717, 1.165) is 39.1 Å². The molecule has 1 amide bonds. The van der Waals surface area contributed by atoms with Crippen LogP contribution >= 0.6 is 0 Å². The number of amides is 1. The minimum absolute atomic E-state index is 0.203. The van der Waals surface area contributed by atoms with Crippen molar-refractivity contribution in [3.63, 3.8) is 0 Å². The number of rotatable bonds is 4. The average molecular weight is 301 g/mol. The van der Waals surface area contributed by atoms with E-state index in [1.54, 1.807) is 0 Å². The Kier molecular flexibility index (Phi) is 5.11. The molecule has 120 valence electrons. The zero-order chi connectivity index (χ0) is 15.4. The van der Waals surface area contributed by atoms with Gasteiger partial charge in [-0.2, -0.15) is 0 Å². The molecule has 4 nitrogen and oxygen atoms in total. The van der Waals surface area contributed by atoms with Crippen LogP contribution in [0.1, 0.15) is 30.9 Å². The molecule has 2 fully saturated rings. The Bertz CT molecular complexity index is 484. The van der Waals surface area contributed by atoms with Gasteiger partial charge in [-0.1, -0.05) is 30.3 Å². The molecule has 1 aromatic carbocycles. The molecule has 2 saturated heterocycles. The van der Waals surface area contributed by atoms with Crippen LogP contribution in [0, 0.1) is 5.92 Å². The number of carbonyl (C=O) groups excluding carboxylic acids is 1. The first kappa shape index (κ1) is 15.5. The molecule has 2 aliphatic heterocycles. The summed E-state index contributed by atoms with van der Waals surface area (Å²) in [4.78, 5) is 17.2. The minimum atomic E-state index is 0.203. The molecular weight excluding hydrogens is 274 g/mol. The first-order chi connectivity index (χ1) is 10.7. The fourth-order valence-electron chi connectivity index (χ4n) is 3.61. The molecule has 0 saturated carbocycles. The van der Waals surface area contributed by atoms with Crippen molar-refractivity contribution in [3.05, 3.63) is 35.9 Å².